The summed E-state index contributed by atoms with van der Waals surface area (Å²) in [5, 5.41) is 6.81. The number of hydrogen-bond acceptors (Lipinski definition) is 1. The van der Waals surface area contributed by atoms with Gasteiger partial charge in [-0.15, -0.1) is 0 Å². The van der Waals surface area contributed by atoms with Crippen LogP contribution in [0.15, 0.2) is 6.07 Å². The van der Waals surface area contributed by atoms with Gasteiger partial charge in [-0.2, -0.15) is 13.2 Å². The highest BCUT2D eigenvalue weighted by molar-refractivity contribution is 6.48. The van der Waals surface area contributed by atoms with Crippen molar-refractivity contribution in [1.29, 1.82) is 0 Å². The molecule has 0 saturated heterocycles. The summed E-state index contributed by atoms with van der Waals surface area (Å²) in [4.78, 5) is 10.6. The number of benzene rings is 1. The standard InChI is InChI=1S/C8H2Cl3F3O2/c9-3-1-2(7(15)16)4(8(12,13)14)6(11)5(3)10/h1H,(H,15,16). The van der Waals surface area contributed by atoms with Gasteiger partial charge in [0.2, 0.25) is 0 Å². The molecule has 0 aromatic heterocycles. The lowest BCUT2D eigenvalue weighted by Crippen LogP contribution is -2.14. The second kappa shape index (κ2) is 4.31. The molecular formula is C8H2Cl3F3O2. The molecule has 0 aliphatic rings. The van der Waals surface area contributed by atoms with Gasteiger partial charge in [-0.25, -0.2) is 4.79 Å². The molecule has 1 aromatic carbocycles. The third-order valence-corrected chi connectivity index (χ3v) is 2.94. The summed E-state index contributed by atoms with van der Waals surface area (Å²) >= 11 is 16.2. The van der Waals surface area contributed by atoms with Crippen LogP contribution >= 0.6 is 34.8 Å². The Bertz CT molecular complexity index is 457. The fourth-order valence-corrected chi connectivity index (χ4v) is 1.75. The predicted octanol–water partition coefficient (Wildman–Crippen LogP) is 4.36. The van der Waals surface area contributed by atoms with Gasteiger partial charge in [0.1, 0.15) is 0 Å². The van der Waals surface area contributed by atoms with Gasteiger partial charge in [0.05, 0.1) is 26.2 Å². The number of rotatable bonds is 1. The van der Waals surface area contributed by atoms with E-state index in [1.807, 2.05) is 0 Å². The van der Waals surface area contributed by atoms with Crippen molar-refractivity contribution < 1.29 is 23.1 Å². The molecule has 8 heteroatoms. The predicted molar refractivity (Wildman–Crippen MR) is 53.4 cm³/mol. The van der Waals surface area contributed by atoms with E-state index < -0.39 is 33.3 Å². The van der Waals surface area contributed by atoms with Gasteiger partial charge < -0.3 is 5.11 Å². The molecule has 0 bridgehead atoms. The van der Waals surface area contributed by atoms with E-state index in [0.29, 0.717) is 6.07 Å². The smallest absolute Gasteiger partial charge is 0.418 e. The highest BCUT2D eigenvalue weighted by atomic mass is 35.5. The molecule has 0 aliphatic carbocycles. The molecule has 0 amide bonds. The Balaban J connectivity index is 3.68. The highest BCUT2D eigenvalue weighted by Crippen LogP contribution is 2.43. The van der Waals surface area contributed by atoms with Crippen LogP contribution in [0.25, 0.3) is 0 Å². The second-order valence-corrected chi connectivity index (χ2v) is 3.87. The van der Waals surface area contributed by atoms with Gasteiger partial charge in [0.25, 0.3) is 0 Å². The molecule has 1 aromatic rings. The molecule has 0 fully saturated rings. The molecule has 0 aliphatic heterocycles. The summed E-state index contributed by atoms with van der Waals surface area (Å²) in [6.45, 7) is 0. The topological polar surface area (TPSA) is 37.3 Å². The molecule has 0 atom stereocenters. The molecule has 16 heavy (non-hydrogen) atoms. The zero-order chi connectivity index (χ0) is 12.7. The molecule has 1 rings (SSSR count). The summed E-state index contributed by atoms with van der Waals surface area (Å²) in [7, 11) is 0. The quantitative estimate of drug-likeness (QED) is 0.781. The molecular weight excluding hydrogens is 291 g/mol. The molecule has 2 nitrogen and oxygen atoms in total. The number of alkyl halides is 3. The van der Waals surface area contributed by atoms with Crippen LogP contribution in [0, 0.1) is 0 Å². The largest absolute Gasteiger partial charge is 0.478 e. The van der Waals surface area contributed by atoms with Crippen LogP contribution in [0.1, 0.15) is 15.9 Å². The lowest BCUT2D eigenvalue weighted by molar-refractivity contribution is -0.138. The van der Waals surface area contributed by atoms with E-state index >= 15 is 0 Å². The Hall–Kier alpha value is -0.650. The van der Waals surface area contributed by atoms with Crippen molar-refractivity contribution in [2.75, 3.05) is 0 Å². The maximum atomic E-state index is 12.5. The van der Waals surface area contributed by atoms with E-state index in [-0.39, 0.29) is 5.02 Å². The van der Waals surface area contributed by atoms with Gasteiger partial charge in [0.15, 0.2) is 0 Å². The van der Waals surface area contributed by atoms with E-state index in [1.54, 1.807) is 0 Å². The lowest BCUT2D eigenvalue weighted by atomic mass is 10.1. The van der Waals surface area contributed by atoms with Gasteiger partial charge in [-0.3, -0.25) is 0 Å². The van der Waals surface area contributed by atoms with Crippen LogP contribution < -0.4 is 0 Å². The third kappa shape index (κ3) is 2.36. The number of carbonyl (C=O) groups is 1. The molecule has 0 spiro atoms. The average Bonchev–Trinajstić information content (AvgIpc) is 2.10. The molecule has 0 saturated carbocycles. The van der Waals surface area contributed by atoms with Crippen molar-refractivity contribution >= 4 is 40.8 Å². The van der Waals surface area contributed by atoms with Gasteiger partial charge in [-0.05, 0) is 6.07 Å². The molecule has 0 unspecified atom stereocenters. The van der Waals surface area contributed by atoms with Crippen molar-refractivity contribution in [1.82, 2.24) is 0 Å². The number of carboxylic acids is 1. The minimum absolute atomic E-state index is 0.350. The van der Waals surface area contributed by atoms with Crippen LogP contribution in [-0.4, -0.2) is 11.1 Å². The van der Waals surface area contributed by atoms with E-state index in [0.717, 1.165) is 0 Å². The zero-order valence-corrected chi connectivity index (χ0v) is 9.47. The van der Waals surface area contributed by atoms with Crippen LogP contribution in [-0.2, 0) is 6.18 Å². The lowest BCUT2D eigenvalue weighted by Gasteiger charge is -2.13. The van der Waals surface area contributed by atoms with Crippen molar-refractivity contribution in [3.05, 3.63) is 32.3 Å². The minimum atomic E-state index is -4.92. The Kier molecular flexibility index (Phi) is 3.62. The summed E-state index contributed by atoms with van der Waals surface area (Å²) in [6.07, 6.45) is -4.92. The maximum Gasteiger partial charge on any atom is 0.418 e. The fourth-order valence-electron chi connectivity index (χ4n) is 1.04. The fraction of sp³-hybridized carbons (Fsp3) is 0.125. The summed E-state index contributed by atoms with van der Waals surface area (Å²) in [5.74, 6) is -1.78. The molecule has 88 valence electrons. The first-order chi connectivity index (χ1) is 7.16. The Labute approximate surface area is 103 Å². The van der Waals surface area contributed by atoms with Crippen LogP contribution in [0.5, 0.6) is 0 Å². The molecule has 0 heterocycles. The number of hydrogen-bond donors (Lipinski definition) is 1. The third-order valence-electron chi connectivity index (χ3n) is 1.68. The van der Waals surface area contributed by atoms with E-state index in [2.05, 4.69) is 0 Å². The maximum absolute atomic E-state index is 12.5. The first-order valence-corrected chi connectivity index (χ1v) is 4.77. The van der Waals surface area contributed by atoms with Crippen LogP contribution in [0.4, 0.5) is 13.2 Å². The van der Waals surface area contributed by atoms with Crippen LogP contribution in [0.2, 0.25) is 15.1 Å². The summed E-state index contributed by atoms with van der Waals surface area (Å²) in [6, 6.07) is 0.612. The van der Waals surface area contributed by atoms with Gasteiger partial charge >= 0.3 is 12.1 Å². The summed E-state index contributed by atoms with van der Waals surface area (Å²) in [5.41, 5.74) is -2.54. The number of aromatic carboxylic acids is 1. The number of halogens is 6. The first-order valence-electron chi connectivity index (χ1n) is 3.64. The van der Waals surface area contributed by atoms with Crippen molar-refractivity contribution in [2.24, 2.45) is 0 Å². The highest BCUT2D eigenvalue weighted by Gasteiger charge is 2.39. The van der Waals surface area contributed by atoms with Crippen molar-refractivity contribution in [3.63, 3.8) is 0 Å². The molecule has 1 N–H and O–H groups in total. The Morgan fingerprint density at radius 3 is 2.06 bits per heavy atom. The molecule has 0 radical (unpaired) electrons. The van der Waals surface area contributed by atoms with E-state index in [4.69, 9.17) is 39.9 Å². The Morgan fingerprint density at radius 2 is 1.69 bits per heavy atom. The number of carboxylic acid groups (broad SMARTS) is 1. The average molecular weight is 293 g/mol. The van der Waals surface area contributed by atoms with E-state index in [9.17, 15) is 18.0 Å². The van der Waals surface area contributed by atoms with Gasteiger partial charge in [-0.1, -0.05) is 34.8 Å². The normalized spacial score (nSPS) is 11.6. The monoisotopic (exact) mass is 292 g/mol. The second-order valence-electron chi connectivity index (χ2n) is 2.71. The van der Waals surface area contributed by atoms with Crippen molar-refractivity contribution in [3.8, 4) is 0 Å². The first kappa shape index (κ1) is 13.4. The summed E-state index contributed by atoms with van der Waals surface area (Å²) < 4.78 is 37.6. The zero-order valence-electron chi connectivity index (χ0n) is 7.20. The van der Waals surface area contributed by atoms with E-state index in [1.165, 1.54) is 0 Å². The Morgan fingerprint density at radius 1 is 1.19 bits per heavy atom. The van der Waals surface area contributed by atoms with Crippen molar-refractivity contribution in [2.45, 2.75) is 6.18 Å². The van der Waals surface area contributed by atoms with Gasteiger partial charge in [0, 0.05) is 0 Å². The SMILES string of the molecule is O=C(O)c1cc(Cl)c(Cl)c(Cl)c1C(F)(F)F. The van der Waals surface area contributed by atoms with Crippen LogP contribution in [0.3, 0.4) is 0 Å². The minimum Gasteiger partial charge on any atom is -0.478 e.